The van der Waals surface area contributed by atoms with Crippen LogP contribution in [0.4, 0.5) is 5.69 Å². The van der Waals surface area contributed by atoms with E-state index in [2.05, 4.69) is 0 Å². The summed E-state index contributed by atoms with van der Waals surface area (Å²) >= 11 is 0. The molecule has 29 heavy (non-hydrogen) atoms. The van der Waals surface area contributed by atoms with Crippen molar-refractivity contribution in [1.29, 1.82) is 0 Å². The minimum atomic E-state index is -0.132. The van der Waals surface area contributed by atoms with Gasteiger partial charge in [0, 0.05) is 51.3 Å². The number of hydrogen-bond acceptors (Lipinski definition) is 4. The average Bonchev–Trinajstić information content (AvgIpc) is 3.04. The molecule has 152 valence electrons. The predicted molar refractivity (Wildman–Crippen MR) is 112 cm³/mol. The third-order valence-electron chi connectivity index (χ3n) is 5.19. The molecule has 1 aliphatic rings. The van der Waals surface area contributed by atoms with E-state index < -0.39 is 0 Å². The molecule has 0 spiro atoms. The Kier molecular flexibility index (Phi) is 6.32. The van der Waals surface area contributed by atoms with Gasteiger partial charge in [-0.05, 0) is 42.3 Å². The van der Waals surface area contributed by atoms with E-state index in [-0.39, 0.29) is 37.1 Å². The second-order valence-electron chi connectivity index (χ2n) is 7.45. The van der Waals surface area contributed by atoms with E-state index in [1.165, 1.54) is 4.90 Å². The fourth-order valence-corrected chi connectivity index (χ4v) is 3.36. The molecule has 0 saturated carbocycles. The summed E-state index contributed by atoms with van der Waals surface area (Å²) in [6.07, 6.45) is 0.576. The van der Waals surface area contributed by atoms with Gasteiger partial charge in [0.15, 0.2) is 0 Å². The van der Waals surface area contributed by atoms with Gasteiger partial charge in [-0.1, -0.05) is 24.3 Å². The third-order valence-corrected chi connectivity index (χ3v) is 5.19. The molecule has 6 heteroatoms. The van der Waals surface area contributed by atoms with E-state index in [1.807, 2.05) is 62.3 Å². The Labute approximate surface area is 171 Å². The summed E-state index contributed by atoms with van der Waals surface area (Å²) in [4.78, 5) is 41.6. The molecule has 0 N–H and O–H groups in total. The first-order chi connectivity index (χ1) is 13.9. The van der Waals surface area contributed by atoms with Gasteiger partial charge < -0.3 is 9.80 Å². The van der Waals surface area contributed by atoms with Crippen LogP contribution >= 0.6 is 0 Å². The van der Waals surface area contributed by atoms with Crippen molar-refractivity contribution >= 4 is 23.4 Å². The van der Waals surface area contributed by atoms with Crippen molar-refractivity contribution in [2.24, 2.45) is 0 Å². The van der Waals surface area contributed by atoms with Crippen LogP contribution in [0.25, 0.3) is 0 Å². The number of benzene rings is 2. The SMILES string of the molecule is CCN(Cc1ccc(N(C)C)cc1)C(=O)c1ccc(CN2C(=O)CCC2=O)cc1. The van der Waals surface area contributed by atoms with Gasteiger partial charge in [0.25, 0.3) is 5.91 Å². The van der Waals surface area contributed by atoms with Crippen molar-refractivity contribution in [3.8, 4) is 0 Å². The summed E-state index contributed by atoms with van der Waals surface area (Å²) in [6.45, 7) is 3.38. The minimum Gasteiger partial charge on any atom is -0.378 e. The van der Waals surface area contributed by atoms with Gasteiger partial charge in [-0.25, -0.2) is 0 Å². The van der Waals surface area contributed by atoms with Gasteiger partial charge in [-0.3, -0.25) is 19.3 Å². The molecule has 2 aromatic rings. The highest BCUT2D eigenvalue weighted by molar-refractivity contribution is 6.01. The lowest BCUT2D eigenvalue weighted by Gasteiger charge is -2.22. The number of carbonyl (C=O) groups excluding carboxylic acids is 3. The zero-order valence-electron chi connectivity index (χ0n) is 17.2. The predicted octanol–water partition coefficient (Wildman–Crippen LogP) is 3.06. The van der Waals surface area contributed by atoms with Crippen LogP contribution in [-0.4, -0.2) is 48.2 Å². The fourth-order valence-electron chi connectivity index (χ4n) is 3.36. The van der Waals surface area contributed by atoms with Crippen LogP contribution in [0.2, 0.25) is 0 Å². The number of amides is 3. The van der Waals surface area contributed by atoms with E-state index in [0.29, 0.717) is 18.7 Å². The van der Waals surface area contributed by atoms with Gasteiger partial charge in [0.1, 0.15) is 0 Å². The van der Waals surface area contributed by atoms with E-state index in [0.717, 1.165) is 16.8 Å². The van der Waals surface area contributed by atoms with Crippen LogP contribution in [-0.2, 0) is 22.7 Å². The van der Waals surface area contributed by atoms with E-state index in [1.54, 1.807) is 17.0 Å². The molecule has 2 aromatic carbocycles. The lowest BCUT2D eigenvalue weighted by atomic mass is 10.1. The second-order valence-corrected chi connectivity index (χ2v) is 7.45. The summed E-state index contributed by atoms with van der Waals surface area (Å²) in [7, 11) is 3.99. The van der Waals surface area contributed by atoms with Gasteiger partial charge in [-0.15, -0.1) is 0 Å². The largest absolute Gasteiger partial charge is 0.378 e. The lowest BCUT2D eigenvalue weighted by Crippen LogP contribution is -2.30. The van der Waals surface area contributed by atoms with Crippen LogP contribution < -0.4 is 4.90 Å². The molecule has 1 aliphatic heterocycles. The number of likely N-dealkylation sites (tertiary alicyclic amines) is 1. The zero-order valence-corrected chi connectivity index (χ0v) is 17.2. The maximum absolute atomic E-state index is 12.9. The molecule has 0 bridgehead atoms. The molecule has 3 amide bonds. The maximum Gasteiger partial charge on any atom is 0.254 e. The Bertz CT molecular complexity index is 873. The molecule has 0 radical (unpaired) electrons. The maximum atomic E-state index is 12.9. The molecule has 0 unspecified atom stereocenters. The molecule has 1 saturated heterocycles. The van der Waals surface area contributed by atoms with Gasteiger partial charge in [-0.2, -0.15) is 0 Å². The monoisotopic (exact) mass is 393 g/mol. The van der Waals surface area contributed by atoms with Crippen molar-refractivity contribution in [1.82, 2.24) is 9.80 Å². The number of carbonyl (C=O) groups is 3. The van der Waals surface area contributed by atoms with Gasteiger partial charge >= 0.3 is 0 Å². The zero-order chi connectivity index (χ0) is 21.0. The quantitative estimate of drug-likeness (QED) is 0.679. The molecular formula is C23H27N3O3. The number of imide groups is 1. The highest BCUT2D eigenvalue weighted by Crippen LogP contribution is 2.18. The molecule has 1 fully saturated rings. The number of rotatable bonds is 7. The minimum absolute atomic E-state index is 0.0379. The highest BCUT2D eigenvalue weighted by Gasteiger charge is 2.28. The van der Waals surface area contributed by atoms with E-state index in [9.17, 15) is 14.4 Å². The van der Waals surface area contributed by atoms with Crippen molar-refractivity contribution in [2.75, 3.05) is 25.5 Å². The second kappa shape index (κ2) is 8.90. The Balaban J connectivity index is 1.66. The van der Waals surface area contributed by atoms with Gasteiger partial charge in [0.2, 0.25) is 11.8 Å². The molecule has 0 aromatic heterocycles. The molecule has 1 heterocycles. The first kappa shape index (κ1) is 20.6. The van der Waals surface area contributed by atoms with Crippen molar-refractivity contribution < 1.29 is 14.4 Å². The normalized spacial score (nSPS) is 13.7. The van der Waals surface area contributed by atoms with Crippen LogP contribution in [0.15, 0.2) is 48.5 Å². The Morgan fingerprint density at radius 2 is 1.45 bits per heavy atom. The lowest BCUT2D eigenvalue weighted by molar-refractivity contribution is -0.139. The summed E-state index contributed by atoms with van der Waals surface area (Å²) in [6, 6.07) is 15.3. The third kappa shape index (κ3) is 4.83. The summed E-state index contributed by atoms with van der Waals surface area (Å²) < 4.78 is 0. The Morgan fingerprint density at radius 3 is 1.97 bits per heavy atom. The topological polar surface area (TPSA) is 60.9 Å². The molecular weight excluding hydrogens is 366 g/mol. The first-order valence-electron chi connectivity index (χ1n) is 9.86. The number of anilines is 1. The number of nitrogens with zero attached hydrogens (tertiary/aromatic N) is 3. The van der Waals surface area contributed by atoms with Crippen LogP contribution in [0.3, 0.4) is 0 Å². The van der Waals surface area contributed by atoms with Gasteiger partial charge in [0.05, 0.1) is 6.54 Å². The summed E-state index contributed by atoms with van der Waals surface area (Å²) in [5.74, 6) is -0.302. The number of hydrogen-bond donors (Lipinski definition) is 0. The Hall–Kier alpha value is -3.15. The van der Waals surface area contributed by atoms with Crippen LogP contribution in [0.1, 0.15) is 41.3 Å². The molecule has 0 aliphatic carbocycles. The van der Waals surface area contributed by atoms with Crippen molar-refractivity contribution in [3.63, 3.8) is 0 Å². The fraction of sp³-hybridized carbons (Fsp3) is 0.348. The standard InChI is InChI=1S/C23H27N3O3/c1-4-25(15-17-7-11-20(12-8-17)24(2)3)23(29)19-9-5-18(6-10-19)16-26-21(27)13-14-22(26)28/h5-12H,4,13-16H2,1-3H3. The molecule has 0 atom stereocenters. The van der Waals surface area contributed by atoms with Crippen molar-refractivity contribution in [3.05, 3.63) is 65.2 Å². The Morgan fingerprint density at radius 1 is 0.897 bits per heavy atom. The smallest absolute Gasteiger partial charge is 0.254 e. The van der Waals surface area contributed by atoms with Crippen molar-refractivity contribution in [2.45, 2.75) is 32.9 Å². The van der Waals surface area contributed by atoms with E-state index >= 15 is 0 Å². The summed E-state index contributed by atoms with van der Waals surface area (Å²) in [5.41, 5.74) is 3.63. The average molecular weight is 393 g/mol. The van der Waals surface area contributed by atoms with Crippen LogP contribution in [0.5, 0.6) is 0 Å². The molecule has 3 rings (SSSR count). The van der Waals surface area contributed by atoms with Crippen LogP contribution in [0, 0.1) is 0 Å². The molecule has 6 nitrogen and oxygen atoms in total. The summed E-state index contributed by atoms with van der Waals surface area (Å²) in [5, 5.41) is 0. The van der Waals surface area contributed by atoms with E-state index in [4.69, 9.17) is 0 Å². The first-order valence-corrected chi connectivity index (χ1v) is 9.86. The highest BCUT2D eigenvalue weighted by atomic mass is 16.2.